The second-order valence-corrected chi connectivity index (χ2v) is 7.50. The molecule has 0 fully saturated rings. The van der Waals surface area contributed by atoms with Crippen LogP contribution in [-0.4, -0.2) is 55.4 Å². The summed E-state index contributed by atoms with van der Waals surface area (Å²) in [5.41, 5.74) is 5.65. The van der Waals surface area contributed by atoms with Crippen molar-refractivity contribution >= 4 is 22.9 Å². The first-order valence-corrected chi connectivity index (χ1v) is 10.5. The Kier molecular flexibility index (Phi) is 6.47. The lowest BCUT2D eigenvalue weighted by Gasteiger charge is -2.21. The van der Waals surface area contributed by atoms with Crippen LogP contribution in [0.1, 0.15) is 29.2 Å². The first-order valence-electron chi connectivity index (χ1n) is 10.5. The highest BCUT2D eigenvalue weighted by Gasteiger charge is 2.32. The summed E-state index contributed by atoms with van der Waals surface area (Å²) in [4.78, 5) is 14.8. The van der Waals surface area contributed by atoms with Gasteiger partial charge in [0.15, 0.2) is 0 Å². The lowest BCUT2D eigenvalue weighted by atomic mass is 9.98. The van der Waals surface area contributed by atoms with E-state index < -0.39 is 0 Å². The molecule has 0 bridgehead atoms. The van der Waals surface area contributed by atoms with Crippen molar-refractivity contribution < 1.29 is 19.4 Å². The van der Waals surface area contributed by atoms with Crippen molar-refractivity contribution in [2.24, 2.45) is 0 Å². The largest absolute Gasteiger partial charge is 0.487 e. The van der Waals surface area contributed by atoms with Crippen LogP contribution in [0.15, 0.2) is 42.5 Å². The number of hydrogen-bond donors (Lipinski definition) is 2. The zero-order chi connectivity index (χ0) is 20.9. The molecular formula is C24H28N2O4. The number of benzene rings is 2. The molecular weight excluding hydrogens is 380 g/mol. The summed E-state index contributed by atoms with van der Waals surface area (Å²) in [5, 5.41) is 12.2. The fourth-order valence-corrected chi connectivity index (χ4v) is 4.02. The number of anilines is 1. The van der Waals surface area contributed by atoms with E-state index in [9.17, 15) is 9.90 Å². The number of ether oxygens (including phenoxy) is 2. The molecule has 1 amide bonds. The molecule has 0 atom stereocenters. The summed E-state index contributed by atoms with van der Waals surface area (Å²) in [6.45, 7) is 6.30. The van der Waals surface area contributed by atoms with Gasteiger partial charge in [-0.3, -0.25) is 9.69 Å². The Bertz CT molecular complexity index is 954. The van der Waals surface area contributed by atoms with Crippen LogP contribution in [0.4, 0.5) is 5.69 Å². The first kappa shape index (κ1) is 20.6. The van der Waals surface area contributed by atoms with Gasteiger partial charge in [0.2, 0.25) is 0 Å². The second-order valence-electron chi connectivity index (χ2n) is 7.50. The van der Waals surface area contributed by atoms with E-state index in [4.69, 9.17) is 9.47 Å². The van der Waals surface area contributed by atoms with E-state index >= 15 is 0 Å². The average Bonchev–Trinajstić information content (AvgIpc) is 3.31. The van der Waals surface area contributed by atoms with E-state index in [1.165, 1.54) is 5.56 Å². The normalized spacial score (nSPS) is 17.1. The lowest BCUT2D eigenvalue weighted by Crippen LogP contribution is -2.32. The number of para-hydroxylation sites is 1. The van der Waals surface area contributed by atoms with E-state index in [0.717, 1.165) is 41.9 Å². The molecule has 2 aliphatic rings. The standard InChI is InChI=1S/C24H28N2O4/c1-2-29-14-12-26(11-13-27)10-9-17-7-8-19-18(15-17)16-30-23(19)22-20-5-3-4-6-21(20)25-24(22)28/h3-8,15,27H,2,9-14,16H2,1H3,(H,25,28)/b23-22+. The number of carbonyl (C=O) groups is 1. The van der Waals surface area contributed by atoms with Gasteiger partial charge < -0.3 is 19.9 Å². The quantitative estimate of drug-likeness (QED) is 0.493. The minimum atomic E-state index is -0.114. The highest BCUT2D eigenvalue weighted by atomic mass is 16.5. The van der Waals surface area contributed by atoms with Crippen LogP contribution in [0.25, 0.3) is 11.3 Å². The third-order valence-corrected chi connectivity index (χ3v) is 5.57. The number of amides is 1. The van der Waals surface area contributed by atoms with E-state index in [1.807, 2.05) is 31.2 Å². The Labute approximate surface area is 177 Å². The molecule has 4 rings (SSSR count). The molecule has 0 aromatic heterocycles. The molecule has 2 heterocycles. The summed E-state index contributed by atoms with van der Waals surface area (Å²) in [6.07, 6.45) is 0.884. The van der Waals surface area contributed by atoms with E-state index in [-0.39, 0.29) is 12.5 Å². The molecule has 2 aliphatic heterocycles. The highest BCUT2D eigenvalue weighted by molar-refractivity contribution is 6.36. The predicted molar refractivity (Wildman–Crippen MR) is 117 cm³/mol. The maximum Gasteiger partial charge on any atom is 0.260 e. The predicted octanol–water partition coefficient (Wildman–Crippen LogP) is 2.91. The van der Waals surface area contributed by atoms with Crippen LogP contribution in [0, 0.1) is 0 Å². The van der Waals surface area contributed by atoms with E-state index in [0.29, 0.717) is 37.7 Å². The van der Waals surface area contributed by atoms with Gasteiger partial charge in [-0.2, -0.15) is 0 Å². The maximum atomic E-state index is 12.6. The molecule has 2 N–H and O–H groups in total. The summed E-state index contributed by atoms with van der Waals surface area (Å²) < 4.78 is 11.4. The maximum absolute atomic E-state index is 12.6. The number of nitrogens with one attached hydrogen (secondary N) is 1. The molecule has 0 unspecified atom stereocenters. The number of nitrogens with zero attached hydrogens (tertiary/aromatic N) is 1. The molecule has 6 heteroatoms. The molecule has 0 saturated carbocycles. The van der Waals surface area contributed by atoms with Gasteiger partial charge in [0.05, 0.1) is 18.8 Å². The van der Waals surface area contributed by atoms with Crippen molar-refractivity contribution in [1.82, 2.24) is 4.90 Å². The Hall–Kier alpha value is -2.67. The summed E-state index contributed by atoms with van der Waals surface area (Å²) in [6, 6.07) is 14.0. The van der Waals surface area contributed by atoms with Crippen molar-refractivity contribution in [3.05, 3.63) is 64.7 Å². The smallest absolute Gasteiger partial charge is 0.260 e. The zero-order valence-corrected chi connectivity index (χ0v) is 17.3. The van der Waals surface area contributed by atoms with Crippen LogP contribution in [-0.2, 0) is 27.3 Å². The van der Waals surface area contributed by atoms with E-state index in [2.05, 4.69) is 28.4 Å². The second kappa shape index (κ2) is 9.43. The third kappa shape index (κ3) is 4.26. The Morgan fingerprint density at radius 2 is 2.00 bits per heavy atom. The van der Waals surface area contributed by atoms with Crippen LogP contribution in [0.2, 0.25) is 0 Å². The number of aliphatic hydroxyl groups is 1. The van der Waals surface area contributed by atoms with Crippen LogP contribution in [0.5, 0.6) is 0 Å². The van der Waals surface area contributed by atoms with Crippen LogP contribution >= 0.6 is 0 Å². The van der Waals surface area contributed by atoms with Gasteiger partial charge >= 0.3 is 0 Å². The molecule has 0 aliphatic carbocycles. The summed E-state index contributed by atoms with van der Waals surface area (Å²) in [5.74, 6) is 0.551. The first-order chi connectivity index (χ1) is 14.7. The summed E-state index contributed by atoms with van der Waals surface area (Å²) >= 11 is 0. The topological polar surface area (TPSA) is 71.0 Å². The average molecular weight is 408 g/mol. The van der Waals surface area contributed by atoms with Gasteiger partial charge in [0, 0.05) is 48.6 Å². The Morgan fingerprint density at radius 1 is 1.13 bits per heavy atom. The van der Waals surface area contributed by atoms with Crippen molar-refractivity contribution in [1.29, 1.82) is 0 Å². The van der Waals surface area contributed by atoms with Gasteiger partial charge in [-0.05, 0) is 25.0 Å². The molecule has 30 heavy (non-hydrogen) atoms. The van der Waals surface area contributed by atoms with Crippen molar-refractivity contribution in [3.63, 3.8) is 0 Å². The number of aliphatic hydroxyl groups excluding tert-OH is 1. The number of rotatable bonds is 9. The molecule has 158 valence electrons. The van der Waals surface area contributed by atoms with Gasteiger partial charge in [0.1, 0.15) is 12.4 Å². The fourth-order valence-electron chi connectivity index (χ4n) is 4.02. The number of carbonyl (C=O) groups excluding carboxylic acids is 1. The number of fused-ring (bicyclic) bond motifs is 2. The minimum absolute atomic E-state index is 0.114. The van der Waals surface area contributed by atoms with Crippen molar-refractivity contribution in [2.75, 3.05) is 44.8 Å². The van der Waals surface area contributed by atoms with Gasteiger partial charge in [-0.15, -0.1) is 0 Å². The van der Waals surface area contributed by atoms with Gasteiger partial charge in [-0.25, -0.2) is 0 Å². The van der Waals surface area contributed by atoms with Crippen molar-refractivity contribution in [3.8, 4) is 0 Å². The molecule has 0 radical (unpaired) electrons. The fraction of sp³-hybridized carbons (Fsp3) is 0.375. The monoisotopic (exact) mass is 408 g/mol. The van der Waals surface area contributed by atoms with Crippen LogP contribution in [0.3, 0.4) is 0 Å². The summed E-state index contributed by atoms with van der Waals surface area (Å²) in [7, 11) is 0. The molecule has 0 spiro atoms. The Balaban J connectivity index is 1.50. The Morgan fingerprint density at radius 3 is 2.83 bits per heavy atom. The van der Waals surface area contributed by atoms with Crippen molar-refractivity contribution in [2.45, 2.75) is 20.0 Å². The molecule has 2 aromatic carbocycles. The minimum Gasteiger partial charge on any atom is -0.487 e. The van der Waals surface area contributed by atoms with E-state index in [1.54, 1.807) is 0 Å². The van der Waals surface area contributed by atoms with Gasteiger partial charge in [0.25, 0.3) is 5.91 Å². The van der Waals surface area contributed by atoms with Crippen LogP contribution < -0.4 is 5.32 Å². The lowest BCUT2D eigenvalue weighted by molar-refractivity contribution is -0.110. The van der Waals surface area contributed by atoms with Gasteiger partial charge in [-0.1, -0.05) is 36.4 Å². The molecule has 2 aromatic rings. The third-order valence-electron chi connectivity index (χ3n) is 5.57. The highest BCUT2D eigenvalue weighted by Crippen LogP contribution is 2.41. The number of hydrogen-bond acceptors (Lipinski definition) is 5. The SMILES string of the molecule is CCOCCN(CCO)CCc1ccc2c(c1)CO/C2=C1/C(=O)Nc2ccccc21. The zero-order valence-electron chi connectivity index (χ0n) is 17.3. The molecule has 6 nitrogen and oxygen atoms in total. The molecule has 0 saturated heterocycles.